The zero-order valence-corrected chi connectivity index (χ0v) is 13.5. The van der Waals surface area contributed by atoms with Crippen LogP contribution >= 0.6 is 15.9 Å². The molecule has 0 aromatic heterocycles. The Balaban J connectivity index is 2.07. The number of fused-ring (bicyclic) bond motifs is 1. The van der Waals surface area contributed by atoms with Crippen molar-refractivity contribution in [1.82, 2.24) is 0 Å². The highest BCUT2D eigenvalue weighted by Crippen LogP contribution is 2.38. The second-order valence-electron chi connectivity index (χ2n) is 4.84. The molecule has 2 N–H and O–H groups in total. The number of aromatic hydroxyl groups is 1. The van der Waals surface area contributed by atoms with Crippen LogP contribution in [0.15, 0.2) is 40.9 Å². The molecule has 0 fully saturated rings. The molecule has 22 heavy (non-hydrogen) atoms. The molecule has 0 atom stereocenters. The van der Waals surface area contributed by atoms with Gasteiger partial charge in [-0.05, 0) is 52.7 Å². The quantitative estimate of drug-likeness (QED) is 0.812. The van der Waals surface area contributed by atoms with Crippen molar-refractivity contribution in [2.24, 2.45) is 0 Å². The van der Waals surface area contributed by atoms with Crippen molar-refractivity contribution in [3.05, 3.63) is 52.0 Å². The first-order valence-corrected chi connectivity index (χ1v) is 7.67. The second kappa shape index (κ2) is 5.85. The van der Waals surface area contributed by atoms with E-state index < -0.39 is 0 Å². The van der Waals surface area contributed by atoms with Gasteiger partial charge < -0.3 is 15.2 Å². The molecule has 5 heteroatoms. The van der Waals surface area contributed by atoms with Gasteiger partial charge >= 0.3 is 0 Å². The zero-order chi connectivity index (χ0) is 15.7. The van der Waals surface area contributed by atoms with Gasteiger partial charge in [0.25, 0.3) is 5.91 Å². The summed E-state index contributed by atoms with van der Waals surface area (Å²) in [6.07, 6.45) is 1.79. The van der Waals surface area contributed by atoms with E-state index in [4.69, 9.17) is 4.74 Å². The maximum Gasteiger partial charge on any atom is 0.256 e. The van der Waals surface area contributed by atoms with E-state index in [1.807, 2.05) is 31.2 Å². The smallest absolute Gasteiger partial charge is 0.256 e. The van der Waals surface area contributed by atoms with Crippen LogP contribution in [0.25, 0.3) is 11.6 Å². The van der Waals surface area contributed by atoms with Crippen LogP contribution in [0.5, 0.6) is 11.5 Å². The SMILES string of the molecule is CCOc1cc(/C=C2\C(=O)Nc3ccccc32)cc(Br)c1O. The van der Waals surface area contributed by atoms with Crippen molar-refractivity contribution in [3.8, 4) is 11.5 Å². The fourth-order valence-corrected chi connectivity index (χ4v) is 2.85. The fourth-order valence-electron chi connectivity index (χ4n) is 2.39. The van der Waals surface area contributed by atoms with Crippen molar-refractivity contribution in [2.45, 2.75) is 6.92 Å². The lowest BCUT2D eigenvalue weighted by atomic mass is 10.0. The Morgan fingerprint density at radius 3 is 2.86 bits per heavy atom. The number of ether oxygens (including phenoxy) is 1. The molecular formula is C17H14BrNO3. The summed E-state index contributed by atoms with van der Waals surface area (Å²) in [5.41, 5.74) is 3.04. The van der Waals surface area contributed by atoms with Crippen LogP contribution in [0.1, 0.15) is 18.1 Å². The van der Waals surface area contributed by atoms with Crippen molar-refractivity contribution < 1.29 is 14.6 Å². The van der Waals surface area contributed by atoms with Crippen LogP contribution in [0.3, 0.4) is 0 Å². The number of halogens is 1. The minimum Gasteiger partial charge on any atom is -0.503 e. The molecule has 0 saturated heterocycles. The fraction of sp³-hybridized carbons (Fsp3) is 0.118. The largest absolute Gasteiger partial charge is 0.503 e. The Morgan fingerprint density at radius 2 is 2.09 bits per heavy atom. The number of para-hydroxylation sites is 1. The Kier molecular flexibility index (Phi) is 3.90. The summed E-state index contributed by atoms with van der Waals surface area (Å²) < 4.78 is 5.93. The summed E-state index contributed by atoms with van der Waals surface area (Å²) in [7, 11) is 0. The predicted molar refractivity (Wildman–Crippen MR) is 89.9 cm³/mol. The predicted octanol–water partition coefficient (Wildman–Crippen LogP) is 4.05. The molecule has 0 aliphatic carbocycles. The summed E-state index contributed by atoms with van der Waals surface area (Å²) in [6.45, 7) is 2.29. The Morgan fingerprint density at radius 1 is 1.32 bits per heavy atom. The van der Waals surface area contributed by atoms with Gasteiger partial charge in [-0.2, -0.15) is 0 Å². The Hall–Kier alpha value is -2.27. The first-order valence-electron chi connectivity index (χ1n) is 6.88. The number of nitrogens with one attached hydrogen (secondary N) is 1. The lowest BCUT2D eigenvalue weighted by Gasteiger charge is -2.09. The molecule has 0 radical (unpaired) electrons. The van der Waals surface area contributed by atoms with Crippen molar-refractivity contribution >= 4 is 39.2 Å². The molecule has 112 valence electrons. The van der Waals surface area contributed by atoms with Crippen LogP contribution in [0.2, 0.25) is 0 Å². The average Bonchev–Trinajstić information content (AvgIpc) is 2.81. The number of amides is 1. The molecular weight excluding hydrogens is 346 g/mol. The molecule has 2 aromatic carbocycles. The van der Waals surface area contributed by atoms with Gasteiger partial charge in [-0.3, -0.25) is 4.79 Å². The lowest BCUT2D eigenvalue weighted by molar-refractivity contribution is -0.110. The number of phenols is 1. The van der Waals surface area contributed by atoms with Gasteiger partial charge in [0.2, 0.25) is 0 Å². The molecule has 0 saturated carbocycles. The van der Waals surface area contributed by atoms with E-state index in [-0.39, 0.29) is 11.7 Å². The van der Waals surface area contributed by atoms with Gasteiger partial charge in [-0.1, -0.05) is 18.2 Å². The molecule has 4 nitrogen and oxygen atoms in total. The number of phenolic OH excluding ortho intramolecular Hbond substituents is 1. The van der Waals surface area contributed by atoms with E-state index in [0.29, 0.717) is 22.4 Å². The van der Waals surface area contributed by atoms with Gasteiger partial charge in [0.1, 0.15) is 0 Å². The summed E-state index contributed by atoms with van der Waals surface area (Å²) in [6, 6.07) is 11.0. The van der Waals surface area contributed by atoms with Crippen LogP contribution in [0, 0.1) is 0 Å². The zero-order valence-electron chi connectivity index (χ0n) is 11.9. The number of anilines is 1. The van der Waals surface area contributed by atoms with Gasteiger partial charge in [0.05, 0.1) is 11.1 Å². The molecule has 0 spiro atoms. The Bertz CT molecular complexity index is 783. The highest BCUT2D eigenvalue weighted by molar-refractivity contribution is 9.10. The normalized spacial score (nSPS) is 14.8. The third kappa shape index (κ3) is 2.60. The summed E-state index contributed by atoms with van der Waals surface area (Å²) in [4.78, 5) is 12.1. The first-order chi connectivity index (χ1) is 10.6. The maximum atomic E-state index is 12.1. The van der Waals surface area contributed by atoms with Gasteiger partial charge in [-0.15, -0.1) is 0 Å². The van der Waals surface area contributed by atoms with E-state index in [1.54, 1.807) is 18.2 Å². The highest BCUT2D eigenvalue weighted by atomic mass is 79.9. The highest BCUT2D eigenvalue weighted by Gasteiger charge is 2.23. The third-order valence-electron chi connectivity index (χ3n) is 3.37. The number of rotatable bonds is 3. The second-order valence-corrected chi connectivity index (χ2v) is 5.69. The van der Waals surface area contributed by atoms with E-state index in [0.717, 1.165) is 16.8 Å². The monoisotopic (exact) mass is 359 g/mol. The van der Waals surface area contributed by atoms with Gasteiger partial charge in [0.15, 0.2) is 11.5 Å². The van der Waals surface area contributed by atoms with Crippen molar-refractivity contribution in [3.63, 3.8) is 0 Å². The number of benzene rings is 2. The number of carbonyl (C=O) groups excluding carboxylic acids is 1. The third-order valence-corrected chi connectivity index (χ3v) is 3.98. The molecule has 0 bridgehead atoms. The van der Waals surface area contributed by atoms with Crippen LogP contribution < -0.4 is 10.1 Å². The number of hydrogen-bond donors (Lipinski definition) is 2. The van der Waals surface area contributed by atoms with E-state index in [2.05, 4.69) is 21.2 Å². The molecule has 1 aliphatic heterocycles. The van der Waals surface area contributed by atoms with Crippen molar-refractivity contribution in [1.29, 1.82) is 0 Å². The standard InChI is InChI=1S/C17H14BrNO3/c1-2-22-15-9-10(8-13(18)16(15)20)7-12-11-5-3-4-6-14(11)19-17(12)21/h3-9,20H,2H2,1H3,(H,19,21)/b12-7-. The maximum absolute atomic E-state index is 12.1. The van der Waals surface area contributed by atoms with E-state index in [9.17, 15) is 9.90 Å². The molecule has 2 aromatic rings. The van der Waals surface area contributed by atoms with Gasteiger partial charge in [0, 0.05) is 16.8 Å². The molecule has 1 heterocycles. The molecule has 0 unspecified atom stereocenters. The van der Waals surface area contributed by atoms with E-state index >= 15 is 0 Å². The topological polar surface area (TPSA) is 58.6 Å². The van der Waals surface area contributed by atoms with Crippen LogP contribution in [-0.4, -0.2) is 17.6 Å². The average molecular weight is 360 g/mol. The number of carbonyl (C=O) groups is 1. The van der Waals surface area contributed by atoms with Crippen molar-refractivity contribution in [2.75, 3.05) is 11.9 Å². The molecule has 1 amide bonds. The summed E-state index contributed by atoms with van der Waals surface area (Å²) in [5, 5.41) is 12.8. The molecule has 3 rings (SSSR count). The minimum atomic E-state index is -0.136. The summed E-state index contributed by atoms with van der Waals surface area (Å²) in [5.74, 6) is 0.305. The number of hydrogen-bond acceptors (Lipinski definition) is 3. The minimum absolute atomic E-state index is 0.0558. The summed E-state index contributed by atoms with van der Waals surface area (Å²) >= 11 is 3.30. The first kappa shape index (κ1) is 14.7. The van der Waals surface area contributed by atoms with Crippen LogP contribution in [0.4, 0.5) is 5.69 Å². The molecule has 1 aliphatic rings. The van der Waals surface area contributed by atoms with Crippen LogP contribution in [-0.2, 0) is 4.79 Å². The Labute approximate surface area is 136 Å². The van der Waals surface area contributed by atoms with Gasteiger partial charge in [-0.25, -0.2) is 0 Å². The van der Waals surface area contributed by atoms with E-state index in [1.165, 1.54) is 0 Å². The lowest BCUT2D eigenvalue weighted by Crippen LogP contribution is -2.03.